The van der Waals surface area contributed by atoms with Crippen LogP contribution in [0.3, 0.4) is 0 Å². The SMILES string of the molecule is N#C/C(=C\c1c[nH]c2ccccc12)C(=O)Nc1ccccc1[N+](=O)[O-]. The third-order valence-electron chi connectivity index (χ3n) is 3.64. The summed E-state index contributed by atoms with van der Waals surface area (Å²) in [6.07, 6.45) is 3.14. The monoisotopic (exact) mass is 332 g/mol. The summed E-state index contributed by atoms with van der Waals surface area (Å²) in [5.74, 6) is -0.706. The van der Waals surface area contributed by atoms with Crippen LogP contribution >= 0.6 is 0 Å². The van der Waals surface area contributed by atoms with Gasteiger partial charge in [0, 0.05) is 28.7 Å². The number of fused-ring (bicyclic) bond motifs is 1. The Morgan fingerprint density at radius 1 is 1.20 bits per heavy atom. The van der Waals surface area contributed by atoms with Gasteiger partial charge in [-0.2, -0.15) is 5.26 Å². The number of nitriles is 1. The summed E-state index contributed by atoms with van der Waals surface area (Å²) in [5, 5.41) is 23.6. The molecule has 0 aliphatic heterocycles. The predicted molar refractivity (Wildman–Crippen MR) is 93.6 cm³/mol. The molecule has 3 aromatic rings. The first-order valence-electron chi connectivity index (χ1n) is 7.33. The molecule has 7 nitrogen and oxygen atoms in total. The number of carbonyl (C=O) groups excluding carboxylic acids is 1. The van der Waals surface area contributed by atoms with Gasteiger partial charge in [0.15, 0.2) is 0 Å². The lowest BCUT2D eigenvalue weighted by Gasteiger charge is -2.04. The molecule has 1 amide bonds. The Bertz CT molecular complexity index is 1040. The molecule has 1 aromatic heterocycles. The van der Waals surface area contributed by atoms with Gasteiger partial charge in [-0.15, -0.1) is 0 Å². The van der Waals surface area contributed by atoms with Crippen LogP contribution in [0.1, 0.15) is 5.56 Å². The first-order valence-corrected chi connectivity index (χ1v) is 7.33. The summed E-state index contributed by atoms with van der Waals surface area (Å²) in [6, 6.07) is 15.1. The van der Waals surface area contributed by atoms with Crippen LogP contribution in [0.5, 0.6) is 0 Å². The van der Waals surface area contributed by atoms with E-state index in [-0.39, 0.29) is 16.9 Å². The second-order valence-electron chi connectivity index (χ2n) is 5.19. The van der Waals surface area contributed by atoms with Gasteiger partial charge in [0.2, 0.25) is 0 Å². The van der Waals surface area contributed by atoms with Crippen molar-refractivity contribution in [2.24, 2.45) is 0 Å². The molecule has 25 heavy (non-hydrogen) atoms. The van der Waals surface area contributed by atoms with Crippen molar-refractivity contribution in [1.82, 2.24) is 4.98 Å². The zero-order chi connectivity index (χ0) is 17.8. The minimum absolute atomic E-state index is 0.0394. The fraction of sp³-hybridized carbons (Fsp3) is 0. The van der Waals surface area contributed by atoms with Crippen molar-refractivity contribution >= 4 is 34.3 Å². The highest BCUT2D eigenvalue weighted by atomic mass is 16.6. The first-order chi connectivity index (χ1) is 12.1. The molecule has 1 heterocycles. The van der Waals surface area contributed by atoms with Crippen LogP contribution in [0.2, 0.25) is 0 Å². The van der Waals surface area contributed by atoms with Gasteiger partial charge in [-0.05, 0) is 18.2 Å². The van der Waals surface area contributed by atoms with Crippen LogP contribution in [0.4, 0.5) is 11.4 Å². The molecule has 2 N–H and O–H groups in total. The maximum absolute atomic E-state index is 12.3. The highest BCUT2D eigenvalue weighted by Gasteiger charge is 2.17. The lowest BCUT2D eigenvalue weighted by Crippen LogP contribution is -2.14. The minimum atomic E-state index is -0.706. The molecular weight excluding hydrogens is 320 g/mol. The lowest BCUT2D eigenvalue weighted by molar-refractivity contribution is -0.383. The number of benzene rings is 2. The molecule has 3 rings (SSSR count). The number of aromatic amines is 1. The summed E-state index contributed by atoms with van der Waals surface area (Å²) in [6.45, 7) is 0. The van der Waals surface area contributed by atoms with Gasteiger partial charge < -0.3 is 10.3 Å². The summed E-state index contributed by atoms with van der Waals surface area (Å²) >= 11 is 0. The number of aromatic nitrogens is 1. The fourth-order valence-electron chi connectivity index (χ4n) is 2.45. The van der Waals surface area contributed by atoms with Gasteiger partial charge >= 0.3 is 0 Å². The molecular formula is C18H12N4O3. The third kappa shape index (κ3) is 3.23. The fourth-order valence-corrected chi connectivity index (χ4v) is 2.45. The Balaban J connectivity index is 1.93. The number of para-hydroxylation sites is 3. The maximum Gasteiger partial charge on any atom is 0.292 e. The van der Waals surface area contributed by atoms with E-state index in [1.54, 1.807) is 12.3 Å². The van der Waals surface area contributed by atoms with Crippen molar-refractivity contribution in [2.75, 3.05) is 5.32 Å². The molecule has 2 aromatic carbocycles. The number of hydrogen-bond acceptors (Lipinski definition) is 4. The van der Waals surface area contributed by atoms with Crippen molar-refractivity contribution in [3.05, 3.63) is 76.0 Å². The van der Waals surface area contributed by atoms with Gasteiger partial charge in [-0.3, -0.25) is 14.9 Å². The standard InChI is InChI=1S/C18H12N4O3/c19-10-12(9-13-11-20-15-6-2-1-5-14(13)15)18(23)21-16-7-3-4-8-17(16)22(24)25/h1-9,11,20H,(H,21,23)/b12-9+. The second-order valence-corrected chi connectivity index (χ2v) is 5.19. The predicted octanol–water partition coefficient (Wildman–Crippen LogP) is 3.62. The maximum atomic E-state index is 12.3. The van der Waals surface area contributed by atoms with E-state index in [0.29, 0.717) is 5.56 Å². The van der Waals surface area contributed by atoms with Crippen molar-refractivity contribution in [3.63, 3.8) is 0 Å². The van der Waals surface area contributed by atoms with E-state index in [1.807, 2.05) is 30.3 Å². The second kappa shape index (κ2) is 6.68. The van der Waals surface area contributed by atoms with Crippen molar-refractivity contribution < 1.29 is 9.72 Å². The van der Waals surface area contributed by atoms with E-state index in [1.165, 1.54) is 24.3 Å². The Morgan fingerprint density at radius 2 is 1.92 bits per heavy atom. The number of nitro groups is 1. The molecule has 0 radical (unpaired) electrons. The van der Waals surface area contributed by atoms with Crippen LogP contribution in [0.15, 0.2) is 60.3 Å². The average Bonchev–Trinajstić information content (AvgIpc) is 3.03. The Kier molecular flexibility index (Phi) is 4.26. The number of H-pyrrole nitrogens is 1. The first kappa shape index (κ1) is 16.0. The van der Waals surface area contributed by atoms with Gasteiger partial charge in [0.05, 0.1) is 4.92 Å². The quantitative estimate of drug-likeness (QED) is 0.329. The molecule has 0 unspecified atom stereocenters. The largest absolute Gasteiger partial charge is 0.361 e. The van der Waals surface area contributed by atoms with E-state index < -0.39 is 10.8 Å². The molecule has 0 spiro atoms. The van der Waals surface area contributed by atoms with Crippen LogP contribution in [-0.2, 0) is 4.79 Å². The molecule has 122 valence electrons. The normalized spacial score (nSPS) is 11.1. The number of nitrogens with one attached hydrogen (secondary N) is 2. The molecule has 0 aliphatic rings. The minimum Gasteiger partial charge on any atom is -0.361 e. The highest BCUT2D eigenvalue weighted by molar-refractivity contribution is 6.11. The molecule has 0 aliphatic carbocycles. The van der Waals surface area contributed by atoms with Crippen LogP contribution < -0.4 is 5.32 Å². The van der Waals surface area contributed by atoms with E-state index in [0.717, 1.165) is 10.9 Å². The molecule has 0 saturated carbocycles. The summed E-state index contributed by atoms with van der Waals surface area (Å²) < 4.78 is 0. The number of nitro benzene ring substituents is 1. The van der Waals surface area contributed by atoms with E-state index in [2.05, 4.69) is 10.3 Å². The van der Waals surface area contributed by atoms with Crippen molar-refractivity contribution in [1.29, 1.82) is 5.26 Å². The number of carbonyl (C=O) groups is 1. The number of anilines is 1. The van der Waals surface area contributed by atoms with Crippen molar-refractivity contribution in [2.45, 2.75) is 0 Å². The zero-order valence-electron chi connectivity index (χ0n) is 12.9. The Morgan fingerprint density at radius 3 is 2.68 bits per heavy atom. The van der Waals surface area contributed by atoms with E-state index >= 15 is 0 Å². The molecule has 0 saturated heterocycles. The van der Waals surface area contributed by atoms with E-state index in [4.69, 9.17) is 0 Å². The number of hydrogen-bond donors (Lipinski definition) is 2. The Hall–Kier alpha value is -3.92. The van der Waals surface area contributed by atoms with Crippen molar-refractivity contribution in [3.8, 4) is 6.07 Å². The third-order valence-corrected chi connectivity index (χ3v) is 3.64. The van der Waals surface area contributed by atoms with Gasteiger partial charge in [-0.25, -0.2) is 0 Å². The molecule has 0 fully saturated rings. The van der Waals surface area contributed by atoms with Gasteiger partial charge in [0.1, 0.15) is 17.3 Å². The van der Waals surface area contributed by atoms with Crippen LogP contribution in [0, 0.1) is 21.4 Å². The zero-order valence-corrected chi connectivity index (χ0v) is 12.9. The average molecular weight is 332 g/mol. The lowest BCUT2D eigenvalue weighted by atomic mass is 10.1. The van der Waals surface area contributed by atoms with E-state index in [9.17, 15) is 20.2 Å². The highest BCUT2D eigenvalue weighted by Crippen LogP contribution is 2.24. The van der Waals surface area contributed by atoms with Gasteiger partial charge in [0.25, 0.3) is 11.6 Å². The molecule has 7 heteroatoms. The topological polar surface area (TPSA) is 112 Å². The molecule has 0 bridgehead atoms. The summed E-state index contributed by atoms with van der Waals surface area (Å²) in [4.78, 5) is 25.8. The van der Waals surface area contributed by atoms with Crippen LogP contribution in [0.25, 0.3) is 17.0 Å². The number of nitrogens with zero attached hydrogens (tertiary/aromatic N) is 2. The smallest absolute Gasteiger partial charge is 0.292 e. The number of amides is 1. The summed E-state index contributed by atoms with van der Waals surface area (Å²) in [5.41, 5.74) is 1.22. The Labute approximate surface area is 142 Å². The van der Waals surface area contributed by atoms with Crippen LogP contribution in [-0.4, -0.2) is 15.8 Å². The number of rotatable bonds is 4. The van der Waals surface area contributed by atoms with Gasteiger partial charge in [-0.1, -0.05) is 30.3 Å². The molecule has 0 atom stereocenters. The summed E-state index contributed by atoms with van der Waals surface area (Å²) in [7, 11) is 0.